The first-order valence-corrected chi connectivity index (χ1v) is 5.74. The largest absolute Gasteiger partial charge is 0.330 e. The summed E-state index contributed by atoms with van der Waals surface area (Å²) in [5.74, 6) is 0. The lowest BCUT2D eigenvalue weighted by molar-refractivity contribution is 0.578. The van der Waals surface area contributed by atoms with Gasteiger partial charge >= 0.3 is 0 Å². The van der Waals surface area contributed by atoms with Gasteiger partial charge < -0.3 is 10.3 Å². The molecule has 2 rings (SSSR count). The normalized spacial score (nSPS) is 14.2. The van der Waals surface area contributed by atoms with Gasteiger partial charge in [-0.1, -0.05) is 6.07 Å². The number of hydrogen-bond donors (Lipinski definition) is 1. The summed E-state index contributed by atoms with van der Waals surface area (Å²) in [5, 5.41) is 0. The Morgan fingerprint density at radius 3 is 2.93 bits per heavy atom. The SMILES string of the molecule is NCCCCn1c2c(ccc1=O)CCC2. The first-order valence-electron chi connectivity index (χ1n) is 5.74. The van der Waals surface area contributed by atoms with Gasteiger partial charge in [0.05, 0.1) is 0 Å². The lowest BCUT2D eigenvalue weighted by atomic mass is 10.2. The predicted molar refractivity (Wildman–Crippen MR) is 61.0 cm³/mol. The van der Waals surface area contributed by atoms with E-state index < -0.39 is 0 Å². The second kappa shape index (κ2) is 4.62. The maximum Gasteiger partial charge on any atom is 0.250 e. The highest BCUT2D eigenvalue weighted by Crippen LogP contribution is 2.19. The van der Waals surface area contributed by atoms with E-state index in [9.17, 15) is 4.79 Å². The molecule has 0 aromatic carbocycles. The molecule has 0 saturated heterocycles. The number of rotatable bonds is 4. The van der Waals surface area contributed by atoms with Gasteiger partial charge in [0, 0.05) is 18.3 Å². The topological polar surface area (TPSA) is 48.0 Å². The van der Waals surface area contributed by atoms with Gasteiger partial charge in [0.25, 0.3) is 5.56 Å². The number of aromatic nitrogens is 1. The number of unbranched alkanes of at least 4 members (excludes halogenated alkanes) is 1. The molecule has 0 bridgehead atoms. The minimum atomic E-state index is 0.146. The van der Waals surface area contributed by atoms with E-state index in [0.717, 1.165) is 32.2 Å². The Morgan fingerprint density at radius 2 is 2.13 bits per heavy atom. The molecule has 0 amide bonds. The van der Waals surface area contributed by atoms with Crippen LogP contribution in [0.25, 0.3) is 0 Å². The maximum absolute atomic E-state index is 11.7. The predicted octanol–water partition coefficient (Wildman–Crippen LogP) is 1.08. The Kier molecular flexibility index (Phi) is 3.21. The zero-order valence-electron chi connectivity index (χ0n) is 9.04. The van der Waals surface area contributed by atoms with Gasteiger partial charge in [-0.05, 0) is 44.2 Å². The molecule has 0 fully saturated rings. The van der Waals surface area contributed by atoms with E-state index >= 15 is 0 Å². The van der Waals surface area contributed by atoms with Crippen molar-refractivity contribution in [1.82, 2.24) is 4.57 Å². The molecule has 0 radical (unpaired) electrons. The van der Waals surface area contributed by atoms with Gasteiger partial charge in [-0.2, -0.15) is 0 Å². The summed E-state index contributed by atoms with van der Waals surface area (Å²) < 4.78 is 1.94. The molecule has 1 aromatic rings. The molecule has 1 aliphatic carbocycles. The van der Waals surface area contributed by atoms with Crippen LogP contribution >= 0.6 is 0 Å². The van der Waals surface area contributed by atoms with Crippen LogP contribution in [0.15, 0.2) is 16.9 Å². The second-order valence-electron chi connectivity index (χ2n) is 4.14. The van der Waals surface area contributed by atoms with Gasteiger partial charge in [0.1, 0.15) is 0 Å². The van der Waals surface area contributed by atoms with Crippen molar-refractivity contribution in [3.63, 3.8) is 0 Å². The number of fused-ring (bicyclic) bond motifs is 1. The summed E-state index contributed by atoms with van der Waals surface area (Å²) in [7, 11) is 0. The van der Waals surface area contributed by atoms with Gasteiger partial charge in [0.2, 0.25) is 0 Å². The fourth-order valence-corrected chi connectivity index (χ4v) is 2.29. The van der Waals surface area contributed by atoms with E-state index in [2.05, 4.69) is 0 Å². The molecular formula is C12H18N2O. The smallest absolute Gasteiger partial charge is 0.250 e. The summed E-state index contributed by atoms with van der Waals surface area (Å²) in [6, 6.07) is 3.69. The Balaban J connectivity index is 2.21. The van der Waals surface area contributed by atoms with Crippen molar-refractivity contribution in [2.45, 2.75) is 38.6 Å². The van der Waals surface area contributed by atoms with E-state index in [1.54, 1.807) is 6.07 Å². The number of nitrogens with two attached hydrogens (primary N) is 1. The lowest BCUT2D eigenvalue weighted by Gasteiger charge is -2.11. The third-order valence-corrected chi connectivity index (χ3v) is 3.09. The van der Waals surface area contributed by atoms with Crippen LogP contribution in [0.2, 0.25) is 0 Å². The number of nitrogens with zero attached hydrogens (tertiary/aromatic N) is 1. The molecule has 0 spiro atoms. The molecular weight excluding hydrogens is 188 g/mol. The van der Waals surface area contributed by atoms with Crippen LogP contribution < -0.4 is 11.3 Å². The Hall–Kier alpha value is -1.09. The molecule has 0 unspecified atom stereocenters. The van der Waals surface area contributed by atoms with Crippen LogP contribution in [-0.2, 0) is 19.4 Å². The van der Waals surface area contributed by atoms with Crippen molar-refractivity contribution in [1.29, 1.82) is 0 Å². The monoisotopic (exact) mass is 206 g/mol. The molecule has 1 heterocycles. The Morgan fingerprint density at radius 1 is 1.27 bits per heavy atom. The molecule has 0 saturated carbocycles. The summed E-state index contributed by atoms with van der Waals surface area (Å²) in [6.45, 7) is 1.54. The minimum Gasteiger partial charge on any atom is -0.330 e. The molecule has 15 heavy (non-hydrogen) atoms. The number of hydrogen-bond acceptors (Lipinski definition) is 2. The summed E-state index contributed by atoms with van der Waals surface area (Å²) in [5.41, 5.74) is 8.23. The van der Waals surface area contributed by atoms with Gasteiger partial charge in [-0.25, -0.2) is 0 Å². The highest BCUT2D eigenvalue weighted by molar-refractivity contribution is 5.25. The highest BCUT2D eigenvalue weighted by Gasteiger charge is 2.14. The number of pyridine rings is 1. The van der Waals surface area contributed by atoms with Crippen LogP contribution in [0.4, 0.5) is 0 Å². The van der Waals surface area contributed by atoms with Gasteiger partial charge in [-0.15, -0.1) is 0 Å². The van der Waals surface area contributed by atoms with E-state index in [-0.39, 0.29) is 5.56 Å². The van der Waals surface area contributed by atoms with E-state index in [1.165, 1.54) is 17.7 Å². The van der Waals surface area contributed by atoms with Crippen LogP contribution in [0.1, 0.15) is 30.5 Å². The standard InChI is InChI=1S/C12H18N2O/c13-8-1-2-9-14-11-5-3-4-10(11)6-7-12(14)15/h6-7H,1-5,8-9,13H2. The first kappa shape index (κ1) is 10.4. The van der Waals surface area contributed by atoms with Gasteiger partial charge in [0.15, 0.2) is 0 Å². The third kappa shape index (κ3) is 2.12. The van der Waals surface area contributed by atoms with E-state index in [0.29, 0.717) is 6.54 Å². The fraction of sp³-hybridized carbons (Fsp3) is 0.583. The molecule has 2 N–H and O–H groups in total. The fourth-order valence-electron chi connectivity index (χ4n) is 2.29. The Bertz CT molecular complexity index is 395. The average molecular weight is 206 g/mol. The quantitative estimate of drug-likeness (QED) is 0.749. The minimum absolute atomic E-state index is 0.146. The Labute approximate surface area is 89.9 Å². The molecule has 0 aliphatic heterocycles. The van der Waals surface area contributed by atoms with E-state index in [1.807, 2.05) is 10.6 Å². The van der Waals surface area contributed by atoms with Crippen molar-refractivity contribution in [3.05, 3.63) is 33.7 Å². The van der Waals surface area contributed by atoms with Crippen molar-refractivity contribution in [2.24, 2.45) is 5.73 Å². The van der Waals surface area contributed by atoms with Crippen molar-refractivity contribution < 1.29 is 0 Å². The summed E-state index contributed by atoms with van der Waals surface area (Å²) >= 11 is 0. The van der Waals surface area contributed by atoms with Crippen LogP contribution in [0, 0.1) is 0 Å². The first-order chi connectivity index (χ1) is 7.33. The summed E-state index contributed by atoms with van der Waals surface area (Å²) in [4.78, 5) is 11.7. The summed E-state index contributed by atoms with van der Waals surface area (Å²) in [6.07, 6.45) is 5.39. The van der Waals surface area contributed by atoms with Gasteiger partial charge in [-0.3, -0.25) is 4.79 Å². The van der Waals surface area contributed by atoms with Crippen molar-refractivity contribution in [3.8, 4) is 0 Å². The molecule has 3 nitrogen and oxygen atoms in total. The van der Waals surface area contributed by atoms with Crippen molar-refractivity contribution in [2.75, 3.05) is 6.54 Å². The molecule has 1 aromatic heterocycles. The second-order valence-corrected chi connectivity index (χ2v) is 4.14. The molecule has 3 heteroatoms. The molecule has 0 atom stereocenters. The zero-order valence-corrected chi connectivity index (χ0v) is 9.04. The van der Waals surface area contributed by atoms with E-state index in [4.69, 9.17) is 5.73 Å². The highest BCUT2D eigenvalue weighted by atomic mass is 16.1. The average Bonchev–Trinajstić information content (AvgIpc) is 2.69. The lowest BCUT2D eigenvalue weighted by Crippen LogP contribution is -2.23. The van der Waals surface area contributed by atoms with Crippen LogP contribution in [-0.4, -0.2) is 11.1 Å². The third-order valence-electron chi connectivity index (χ3n) is 3.09. The zero-order chi connectivity index (χ0) is 10.7. The van der Waals surface area contributed by atoms with Crippen molar-refractivity contribution >= 4 is 0 Å². The van der Waals surface area contributed by atoms with Crippen LogP contribution in [0.5, 0.6) is 0 Å². The van der Waals surface area contributed by atoms with Crippen LogP contribution in [0.3, 0.4) is 0 Å². The molecule has 1 aliphatic rings. The molecule has 82 valence electrons. The maximum atomic E-state index is 11.7. The number of aryl methyl sites for hydroxylation is 1.